The van der Waals surface area contributed by atoms with Crippen molar-refractivity contribution < 1.29 is 14.3 Å². The third-order valence-electron chi connectivity index (χ3n) is 5.79. The predicted molar refractivity (Wildman–Crippen MR) is 138 cm³/mol. The molecular formula is C24H25Cl2N3O3S. The number of halogens is 2. The zero-order valence-corrected chi connectivity index (χ0v) is 20.8. The number of hydrogen-bond acceptors (Lipinski definition) is 4. The van der Waals surface area contributed by atoms with Gasteiger partial charge in [-0.2, -0.15) is 18.6 Å². The number of hydrogen-bond donors (Lipinski definition) is 2. The molecule has 4 rings (SSSR count). The number of para-hydroxylation sites is 1. The van der Waals surface area contributed by atoms with Gasteiger partial charge in [-0.1, -0.05) is 48.0 Å². The molecule has 0 spiro atoms. The topological polar surface area (TPSA) is 76.2 Å². The highest BCUT2D eigenvalue weighted by Crippen LogP contribution is 2.48. The van der Waals surface area contributed by atoms with Gasteiger partial charge in [0, 0.05) is 28.5 Å². The minimum Gasteiger partial charge on any atom is -0.495 e. The number of carbonyl (C=O) groups excluding carboxylic acids is 1. The van der Waals surface area contributed by atoms with Crippen LogP contribution in [0.3, 0.4) is 0 Å². The Kier molecular flexibility index (Phi) is 8.00. The van der Waals surface area contributed by atoms with Gasteiger partial charge in [0.15, 0.2) is 0 Å². The number of benzene rings is 2. The number of aromatic nitrogens is 2. The van der Waals surface area contributed by atoms with E-state index in [1.807, 2.05) is 24.3 Å². The number of anilines is 1. The summed E-state index contributed by atoms with van der Waals surface area (Å²) in [5.41, 5.74) is 5.36. The first-order chi connectivity index (χ1) is 15.5. The number of nitrogens with one attached hydrogen (secondary N) is 2. The molecule has 2 N–H and O–H groups in total. The molecular weight excluding hydrogens is 481 g/mol. The number of ether oxygens (including phenoxy) is 2. The molecule has 1 amide bonds. The summed E-state index contributed by atoms with van der Waals surface area (Å²) in [4.78, 5) is 11.9. The third-order valence-corrected chi connectivity index (χ3v) is 6.57. The van der Waals surface area contributed by atoms with Gasteiger partial charge in [-0.25, -0.2) is 0 Å². The Morgan fingerprint density at radius 2 is 1.88 bits per heavy atom. The molecule has 0 fully saturated rings. The molecule has 1 aromatic heterocycles. The van der Waals surface area contributed by atoms with Gasteiger partial charge in [-0.3, -0.25) is 9.89 Å². The monoisotopic (exact) mass is 505 g/mol. The van der Waals surface area contributed by atoms with Crippen LogP contribution in [0.25, 0.3) is 11.3 Å². The zero-order valence-electron chi connectivity index (χ0n) is 18.3. The van der Waals surface area contributed by atoms with E-state index in [2.05, 4.69) is 22.1 Å². The summed E-state index contributed by atoms with van der Waals surface area (Å²) in [6, 6.07) is 9.30. The largest absolute Gasteiger partial charge is 0.495 e. The van der Waals surface area contributed by atoms with E-state index < -0.39 is 0 Å². The van der Waals surface area contributed by atoms with Gasteiger partial charge in [0.1, 0.15) is 11.5 Å². The molecule has 6 nitrogen and oxygen atoms in total. The Bertz CT molecular complexity index is 1170. The van der Waals surface area contributed by atoms with Crippen LogP contribution in [0.4, 0.5) is 5.69 Å². The van der Waals surface area contributed by atoms with E-state index in [1.165, 1.54) is 6.08 Å². The van der Waals surface area contributed by atoms with Gasteiger partial charge >= 0.3 is 0 Å². The van der Waals surface area contributed by atoms with Crippen molar-refractivity contribution in [1.29, 1.82) is 0 Å². The van der Waals surface area contributed by atoms with E-state index >= 15 is 0 Å². The molecule has 0 aliphatic heterocycles. The van der Waals surface area contributed by atoms with Crippen molar-refractivity contribution in [3.63, 3.8) is 0 Å². The maximum absolute atomic E-state index is 11.9. The first-order valence-corrected chi connectivity index (χ1v) is 10.9. The molecule has 1 aliphatic rings. The van der Waals surface area contributed by atoms with Crippen molar-refractivity contribution in [2.75, 3.05) is 19.5 Å². The van der Waals surface area contributed by atoms with Crippen LogP contribution in [0.1, 0.15) is 29.2 Å². The number of methoxy groups -OCH3 is 2. The van der Waals surface area contributed by atoms with Crippen molar-refractivity contribution in [3.8, 4) is 22.8 Å². The molecule has 0 unspecified atom stereocenters. The lowest BCUT2D eigenvalue weighted by Crippen LogP contribution is -2.14. The maximum atomic E-state index is 11.9. The fourth-order valence-corrected chi connectivity index (χ4v) is 5.03. The maximum Gasteiger partial charge on any atom is 0.247 e. The van der Waals surface area contributed by atoms with Crippen LogP contribution in [0, 0.1) is 0 Å². The molecule has 1 atom stereocenters. The SMILES string of the molecule is C=CC(=O)Nc1ccccc1-c1n[nH]c2c1CC[C@H](c1c(Cl)c(OC)cc(OC)c1Cl)C2.S. The smallest absolute Gasteiger partial charge is 0.247 e. The van der Waals surface area contributed by atoms with Crippen molar-refractivity contribution in [3.05, 3.63) is 69.9 Å². The molecule has 9 heteroatoms. The van der Waals surface area contributed by atoms with Crippen LogP contribution >= 0.6 is 36.7 Å². The van der Waals surface area contributed by atoms with E-state index in [0.29, 0.717) is 33.7 Å². The van der Waals surface area contributed by atoms with Crippen LogP contribution in [0.15, 0.2) is 43.0 Å². The molecule has 1 heterocycles. The summed E-state index contributed by atoms with van der Waals surface area (Å²) in [7, 11) is 3.14. The van der Waals surface area contributed by atoms with E-state index in [-0.39, 0.29) is 25.3 Å². The Hall–Kier alpha value is -2.61. The number of fused-ring (bicyclic) bond motifs is 1. The second kappa shape index (κ2) is 10.5. The fourth-order valence-electron chi connectivity index (χ4n) is 4.22. The summed E-state index contributed by atoms with van der Waals surface area (Å²) >= 11 is 13.3. The van der Waals surface area contributed by atoms with E-state index in [4.69, 9.17) is 32.7 Å². The highest BCUT2D eigenvalue weighted by Gasteiger charge is 2.30. The molecule has 0 saturated heterocycles. The van der Waals surface area contributed by atoms with Gasteiger partial charge in [0.25, 0.3) is 0 Å². The number of aromatic amines is 1. The number of amides is 1. The van der Waals surface area contributed by atoms with Gasteiger partial charge < -0.3 is 14.8 Å². The zero-order chi connectivity index (χ0) is 22.8. The molecule has 174 valence electrons. The minimum absolute atomic E-state index is 0. The van der Waals surface area contributed by atoms with Crippen molar-refractivity contribution >= 4 is 48.3 Å². The lowest BCUT2D eigenvalue weighted by molar-refractivity contribution is -0.111. The van der Waals surface area contributed by atoms with Gasteiger partial charge in [-0.15, -0.1) is 0 Å². The quantitative estimate of drug-likeness (QED) is 0.408. The first-order valence-electron chi connectivity index (χ1n) is 10.2. The summed E-state index contributed by atoms with van der Waals surface area (Å²) < 4.78 is 10.9. The Labute approximate surface area is 209 Å². The number of nitrogens with zero attached hydrogens (tertiary/aromatic N) is 1. The molecule has 0 saturated carbocycles. The first kappa shape index (κ1) is 25.0. The Morgan fingerprint density at radius 3 is 2.52 bits per heavy atom. The van der Waals surface area contributed by atoms with Crippen LogP contribution < -0.4 is 14.8 Å². The molecule has 0 radical (unpaired) electrons. The number of carbonyl (C=O) groups is 1. The molecule has 0 bridgehead atoms. The summed E-state index contributed by atoms with van der Waals surface area (Å²) in [5, 5.41) is 11.6. The van der Waals surface area contributed by atoms with Crippen molar-refractivity contribution in [2.45, 2.75) is 25.2 Å². The average Bonchev–Trinajstić information content (AvgIpc) is 3.23. The summed E-state index contributed by atoms with van der Waals surface area (Å²) in [6.07, 6.45) is 3.55. The van der Waals surface area contributed by atoms with Crippen LogP contribution in [-0.2, 0) is 17.6 Å². The minimum atomic E-state index is -0.266. The lowest BCUT2D eigenvalue weighted by Gasteiger charge is -2.26. The molecule has 2 aromatic carbocycles. The standard InChI is InChI=1S/C24H23Cl2N3O3.H2S/c1-4-20(30)27-16-8-6-5-7-14(16)24-15-10-9-13(11-17(15)28-29-24)21-22(25)18(31-2)12-19(32-3)23(21)26;/h4-8,12-13H,1,9-11H2,2-3H3,(H,27,30)(H,28,29);1H2/t13-;/m0./s1. The van der Waals surface area contributed by atoms with Gasteiger partial charge in [0.2, 0.25) is 5.91 Å². The summed E-state index contributed by atoms with van der Waals surface area (Å²) in [5.74, 6) is 0.880. The van der Waals surface area contributed by atoms with Crippen LogP contribution in [-0.4, -0.2) is 30.3 Å². The van der Waals surface area contributed by atoms with E-state index in [9.17, 15) is 4.79 Å². The fraction of sp³-hybridized carbons (Fsp3) is 0.250. The normalized spacial score (nSPS) is 14.6. The Balaban J connectivity index is 0.00000306. The van der Waals surface area contributed by atoms with Crippen LogP contribution in [0.5, 0.6) is 11.5 Å². The Morgan fingerprint density at radius 1 is 1.21 bits per heavy atom. The van der Waals surface area contributed by atoms with Crippen molar-refractivity contribution in [1.82, 2.24) is 10.2 Å². The van der Waals surface area contributed by atoms with E-state index in [0.717, 1.165) is 40.9 Å². The number of H-pyrrole nitrogens is 1. The lowest BCUT2D eigenvalue weighted by atomic mass is 9.81. The highest BCUT2D eigenvalue weighted by molar-refractivity contribution is 7.59. The van der Waals surface area contributed by atoms with Crippen LogP contribution in [0.2, 0.25) is 10.0 Å². The summed E-state index contributed by atoms with van der Waals surface area (Å²) in [6.45, 7) is 3.52. The predicted octanol–water partition coefficient (Wildman–Crippen LogP) is 5.91. The molecule has 33 heavy (non-hydrogen) atoms. The van der Waals surface area contributed by atoms with Crippen molar-refractivity contribution in [2.24, 2.45) is 0 Å². The second-order valence-corrected chi connectivity index (χ2v) is 8.29. The molecule has 3 aromatic rings. The van der Waals surface area contributed by atoms with Gasteiger partial charge in [-0.05, 0) is 37.3 Å². The highest BCUT2D eigenvalue weighted by atomic mass is 35.5. The third kappa shape index (κ3) is 4.71. The van der Waals surface area contributed by atoms with Gasteiger partial charge in [0.05, 0.1) is 35.6 Å². The average molecular weight is 506 g/mol. The van der Waals surface area contributed by atoms with E-state index in [1.54, 1.807) is 20.3 Å². The second-order valence-electron chi connectivity index (χ2n) is 7.53. The molecule has 1 aliphatic carbocycles. The number of rotatable bonds is 6.